The fourth-order valence-electron chi connectivity index (χ4n) is 1.82. The van der Waals surface area contributed by atoms with Gasteiger partial charge in [-0.25, -0.2) is 0 Å². The molecule has 1 amide bonds. The first kappa shape index (κ1) is 16.6. The number of nitrogens with one attached hydrogen (secondary N) is 1. The molecule has 0 saturated heterocycles. The number of hydrogen-bond donors (Lipinski definition) is 2. The molecule has 116 valence electrons. The van der Waals surface area contributed by atoms with Crippen molar-refractivity contribution >= 4 is 29.1 Å². The Bertz CT molecular complexity index is 649. The molecule has 0 aliphatic carbocycles. The van der Waals surface area contributed by atoms with Gasteiger partial charge in [-0.15, -0.1) is 0 Å². The molecule has 0 saturated carbocycles. The summed E-state index contributed by atoms with van der Waals surface area (Å²) in [6.07, 6.45) is -0.877. The number of carbonyl (C=O) groups excluding carboxylic acids is 1. The van der Waals surface area contributed by atoms with Crippen LogP contribution in [-0.4, -0.2) is 24.2 Å². The van der Waals surface area contributed by atoms with E-state index < -0.39 is 6.10 Å². The van der Waals surface area contributed by atoms with Crippen molar-refractivity contribution in [2.24, 2.45) is 0 Å². The van der Waals surface area contributed by atoms with E-state index in [1.165, 1.54) is 0 Å². The number of hydrogen-bond acceptors (Lipinski definition) is 3. The third kappa shape index (κ3) is 4.63. The van der Waals surface area contributed by atoms with Crippen molar-refractivity contribution in [2.45, 2.75) is 6.10 Å². The topological polar surface area (TPSA) is 58.6 Å². The predicted octanol–water partition coefficient (Wildman–Crippen LogP) is 3.22. The van der Waals surface area contributed by atoms with Crippen molar-refractivity contribution in [1.29, 1.82) is 0 Å². The average molecular weight is 340 g/mol. The molecule has 0 aliphatic heterocycles. The molecule has 4 nitrogen and oxygen atoms in total. The van der Waals surface area contributed by atoms with Crippen molar-refractivity contribution in [3.8, 4) is 5.75 Å². The van der Waals surface area contributed by atoms with Gasteiger partial charge in [0.1, 0.15) is 5.75 Å². The number of carbonyl (C=O) groups is 1. The highest BCUT2D eigenvalue weighted by Crippen LogP contribution is 2.23. The zero-order valence-corrected chi connectivity index (χ0v) is 13.1. The highest BCUT2D eigenvalue weighted by Gasteiger charge is 2.13. The van der Waals surface area contributed by atoms with Crippen LogP contribution < -0.4 is 10.1 Å². The second-order valence-electron chi connectivity index (χ2n) is 4.56. The SMILES string of the molecule is O=C(COc1ccccc1Cl)NCC(O)c1ccccc1Cl. The van der Waals surface area contributed by atoms with Crippen molar-refractivity contribution < 1.29 is 14.6 Å². The van der Waals surface area contributed by atoms with Crippen LogP contribution >= 0.6 is 23.2 Å². The predicted molar refractivity (Wildman–Crippen MR) is 86.4 cm³/mol. The van der Waals surface area contributed by atoms with Gasteiger partial charge in [-0.1, -0.05) is 53.5 Å². The van der Waals surface area contributed by atoms with Crippen LogP contribution in [0.15, 0.2) is 48.5 Å². The lowest BCUT2D eigenvalue weighted by atomic mass is 10.1. The van der Waals surface area contributed by atoms with Gasteiger partial charge in [0.2, 0.25) is 0 Å². The van der Waals surface area contributed by atoms with Crippen LogP contribution in [0.5, 0.6) is 5.75 Å². The summed E-state index contributed by atoms with van der Waals surface area (Å²) in [7, 11) is 0. The molecule has 2 aromatic carbocycles. The zero-order chi connectivity index (χ0) is 15.9. The Morgan fingerprint density at radius 1 is 1.09 bits per heavy atom. The second kappa shape index (κ2) is 8.03. The number of amides is 1. The van der Waals surface area contributed by atoms with Crippen LogP contribution in [0.2, 0.25) is 10.0 Å². The fourth-order valence-corrected chi connectivity index (χ4v) is 2.27. The Morgan fingerprint density at radius 2 is 1.73 bits per heavy atom. The molecule has 2 N–H and O–H groups in total. The van der Waals surface area contributed by atoms with E-state index in [2.05, 4.69) is 5.32 Å². The van der Waals surface area contributed by atoms with E-state index in [1.807, 2.05) is 0 Å². The van der Waals surface area contributed by atoms with E-state index in [1.54, 1.807) is 48.5 Å². The normalized spacial score (nSPS) is 11.8. The molecule has 0 spiro atoms. The lowest BCUT2D eigenvalue weighted by Crippen LogP contribution is -2.32. The Labute approximate surface area is 138 Å². The standard InChI is InChI=1S/C16H15Cl2NO3/c17-12-6-2-1-5-11(12)14(20)9-19-16(21)10-22-15-8-4-3-7-13(15)18/h1-8,14,20H,9-10H2,(H,19,21). The quantitative estimate of drug-likeness (QED) is 0.849. The molecular weight excluding hydrogens is 325 g/mol. The number of rotatable bonds is 6. The molecule has 22 heavy (non-hydrogen) atoms. The van der Waals surface area contributed by atoms with Crippen molar-refractivity contribution in [3.63, 3.8) is 0 Å². The van der Waals surface area contributed by atoms with Crippen LogP contribution in [0.4, 0.5) is 0 Å². The largest absolute Gasteiger partial charge is 0.482 e. The minimum Gasteiger partial charge on any atom is -0.482 e. The van der Waals surface area contributed by atoms with Crippen molar-refractivity contribution in [2.75, 3.05) is 13.2 Å². The number of ether oxygens (including phenoxy) is 1. The van der Waals surface area contributed by atoms with E-state index >= 15 is 0 Å². The summed E-state index contributed by atoms with van der Waals surface area (Å²) in [4.78, 5) is 11.7. The molecule has 0 heterocycles. The van der Waals surface area contributed by atoms with Crippen LogP contribution in [0, 0.1) is 0 Å². The Balaban J connectivity index is 1.81. The van der Waals surface area contributed by atoms with Gasteiger partial charge in [0.05, 0.1) is 11.1 Å². The highest BCUT2D eigenvalue weighted by molar-refractivity contribution is 6.32. The first-order chi connectivity index (χ1) is 10.6. The molecule has 0 aliphatic rings. The van der Waals surface area contributed by atoms with E-state index in [-0.39, 0.29) is 19.1 Å². The minimum absolute atomic E-state index is 0.0500. The second-order valence-corrected chi connectivity index (χ2v) is 5.37. The third-order valence-corrected chi connectivity index (χ3v) is 3.61. The maximum Gasteiger partial charge on any atom is 0.258 e. The summed E-state index contributed by atoms with van der Waals surface area (Å²) in [5.41, 5.74) is 0.566. The Morgan fingerprint density at radius 3 is 2.41 bits per heavy atom. The molecule has 0 bridgehead atoms. The molecule has 0 fully saturated rings. The minimum atomic E-state index is -0.877. The Hall–Kier alpha value is -1.75. The van der Waals surface area contributed by atoms with Crippen LogP contribution in [-0.2, 0) is 4.79 Å². The van der Waals surface area contributed by atoms with Gasteiger partial charge in [-0.05, 0) is 18.2 Å². The van der Waals surface area contributed by atoms with E-state index in [9.17, 15) is 9.90 Å². The van der Waals surface area contributed by atoms with E-state index in [0.717, 1.165) is 0 Å². The number of aliphatic hydroxyl groups excluding tert-OH is 1. The molecule has 1 unspecified atom stereocenters. The number of aliphatic hydroxyl groups is 1. The molecule has 2 aromatic rings. The smallest absolute Gasteiger partial charge is 0.258 e. The van der Waals surface area contributed by atoms with Gasteiger partial charge < -0.3 is 15.2 Å². The Kier molecular flexibility index (Phi) is 6.07. The fraction of sp³-hybridized carbons (Fsp3) is 0.188. The first-order valence-electron chi connectivity index (χ1n) is 6.64. The molecular formula is C16H15Cl2NO3. The maximum atomic E-state index is 11.7. The summed E-state index contributed by atoms with van der Waals surface area (Å²) < 4.78 is 5.31. The molecule has 1 atom stereocenters. The molecule has 0 aromatic heterocycles. The number of benzene rings is 2. The lowest BCUT2D eigenvalue weighted by molar-refractivity contribution is -0.123. The third-order valence-electron chi connectivity index (χ3n) is 2.95. The van der Waals surface area contributed by atoms with Crippen molar-refractivity contribution in [1.82, 2.24) is 5.32 Å². The van der Waals surface area contributed by atoms with Crippen molar-refractivity contribution in [3.05, 3.63) is 64.1 Å². The highest BCUT2D eigenvalue weighted by atomic mass is 35.5. The van der Waals surface area contributed by atoms with Gasteiger partial charge in [0, 0.05) is 17.1 Å². The monoisotopic (exact) mass is 339 g/mol. The van der Waals surface area contributed by atoms with Gasteiger partial charge in [-0.2, -0.15) is 0 Å². The summed E-state index contributed by atoms with van der Waals surface area (Å²) >= 11 is 11.9. The molecule has 6 heteroatoms. The van der Waals surface area contributed by atoms with Gasteiger partial charge >= 0.3 is 0 Å². The molecule has 2 rings (SSSR count). The number of halogens is 2. The van der Waals surface area contributed by atoms with Gasteiger partial charge in [0.15, 0.2) is 6.61 Å². The maximum absolute atomic E-state index is 11.7. The van der Waals surface area contributed by atoms with Crippen LogP contribution in [0.3, 0.4) is 0 Å². The van der Waals surface area contributed by atoms with Crippen LogP contribution in [0.1, 0.15) is 11.7 Å². The van der Waals surface area contributed by atoms with Gasteiger partial charge in [-0.3, -0.25) is 4.79 Å². The summed E-state index contributed by atoms with van der Waals surface area (Å²) in [6, 6.07) is 13.8. The van der Waals surface area contributed by atoms with E-state index in [0.29, 0.717) is 21.4 Å². The lowest BCUT2D eigenvalue weighted by Gasteiger charge is -2.14. The zero-order valence-electron chi connectivity index (χ0n) is 11.6. The average Bonchev–Trinajstić information content (AvgIpc) is 2.52. The van der Waals surface area contributed by atoms with Gasteiger partial charge in [0.25, 0.3) is 5.91 Å². The van der Waals surface area contributed by atoms with Crippen LogP contribution in [0.25, 0.3) is 0 Å². The summed E-state index contributed by atoms with van der Waals surface area (Å²) in [5.74, 6) is 0.0805. The number of para-hydroxylation sites is 1. The summed E-state index contributed by atoms with van der Waals surface area (Å²) in [5, 5.41) is 13.5. The molecule has 0 radical (unpaired) electrons. The van der Waals surface area contributed by atoms with E-state index in [4.69, 9.17) is 27.9 Å². The summed E-state index contributed by atoms with van der Waals surface area (Å²) in [6.45, 7) is -0.132. The first-order valence-corrected chi connectivity index (χ1v) is 7.40.